The van der Waals surface area contributed by atoms with E-state index in [0.717, 1.165) is 12.8 Å². The number of carbonyl (C=O) groups excluding carboxylic acids is 3. The van der Waals surface area contributed by atoms with Gasteiger partial charge < -0.3 is 14.8 Å². The summed E-state index contributed by atoms with van der Waals surface area (Å²) in [5.74, 6) is -0.506. The molecule has 0 bridgehead atoms. The fraction of sp³-hybridized carbons (Fsp3) is 0.769. The molecule has 6 nitrogen and oxygen atoms in total. The van der Waals surface area contributed by atoms with E-state index >= 15 is 0 Å². The summed E-state index contributed by atoms with van der Waals surface area (Å²) >= 11 is 0. The standard InChI is InChI=1S/C13H21NO5/c1-8(15)14-13-4-11(6-18-9(2)16)12(5-13)7-19-10(3)17/h11-13H,4-7H2,1-3H3,(H,14,15)/t11-,12-/m1/s1. The Bertz CT molecular complexity index is 329. The smallest absolute Gasteiger partial charge is 0.302 e. The van der Waals surface area contributed by atoms with E-state index in [-0.39, 0.29) is 35.7 Å². The highest BCUT2D eigenvalue weighted by molar-refractivity contribution is 5.73. The number of hydrogen-bond donors (Lipinski definition) is 1. The molecule has 0 radical (unpaired) electrons. The Morgan fingerprint density at radius 2 is 1.37 bits per heavy atom. The van der Waals surface area contributed by atoms with E-state index in [1.54, 1.807) is 0 Å². The van der Waals surface area contributed by atoms with E-state index in [4.69, 9.17) is 9.47 Å². The van der Waals surface area contributed by atoms with Crippen LogP contribution < -0.4 is 5.32 Å². The first-order valence-corrected chi connectivity index (χ1v) is 6.42. The normalized spacial score (nSPS) is 22.9. The number of amides is 1. The molecule has 1 N–H and O–H groups in total. The minimum atomic E-state index is -0.325. The third kappa shape index (κ3) is 5.72. The molecule has 0 heterocycles. The molecule has 1 aliphatic carbocycles. The molecule has 1 amide bonds. The van der Waals surface area contributed by atoms with Gasteiger partial charge in [0.15, 0.2) is 0 Å². The first kappa shape index (κ1) is 15.5. The average Bonchev–Trinajstić information content (AvgIpc) is 2.65. The zero-order valence-corrected chi connectivity index (χ0v) is 11.6. The van der Waals surface area contributed by atoms with Crippen LogP contribution in [0.2, 0.25) is 0 Å². The molecule has 0 unspecified atom stereocenters. The second kappa shape index (κ2) is 7.11. The van der Waals surface area contributed by atoms with Gasteiger partial charge in [-0.05, 0) is 12.8 Å². The van der Waals surface area contributed by atoms with E-state index in [1.165, 1.54) is 20.8 Å². The van der Waals surface area contributed by atoms with Crippen molar-refractivity contribution in [1.29, 1.82) is 0 Å². The quantitative estimate of drug-likeness (QED) is 0.742. The van der Waals surface area contributed by atoms with Gasteiger partial charge in [-0.2, -0.15) is 0 Å². The van der Waals surface area contributed by atoms with E-state index < -0.39 is 0 Å². The van der Waals surface area contributed by atoms with Crippen molar-refractivity contribution in [2.24, 2.45) is 11.8 Å². The van der Waals surface area contributed by atoms with Crippen LogP contribution in [0.5, 0.6) is 0 Å². The minimum Gasteiger partial charge on any atom is -0.466 e. The van der Waals surface area contributed by atoms with Crippen LogP contribution in [0.1, 0.15) is 33.6 Å². The van der Waals surface area contributed by atoms with Gasteiger partial charge in [-0.25, -0.2) is 0 Å². The largest absolute Gasteiger partial charge is 0.466 e. The Morgan fingerprint density at radius 1 is 0.947 bits per heavy atom. The molecule has 2 atom stereocenters. The molecule has 0 aromatic rings. The number of esters is 2. The van der Waals surface area contributed by atoms with Gasteiger partial charge >= 0.3 is 11.9 Å². The van der Waals surface area contributed by atoms with Crippen molar-refractivity contribution in [3.8, 4) is 0 Å². The number of ether oxygens (including phenoxy) is 2. The molecule has 19 heavy (non-hydrogen) atoms. The Morgan fingerprint density at radius 3 is 1.68 bits per heavy atom. The van der Waals surface area contributed by atoms with Gasteiger partial charge in [0.05, 0.1) is 13.2 Å². The van der Waals surface area contributed by atoms with Crippen LogP contribution in [0.15, 0.2) is 0 Å². The molecule has 0 saturated heterocycles. The van der Waals surface area contributed by atoms with Gasteiger partial charge in [0.2, 0.25) is 5.91 Å². The predicted octanol–water partition coefficient (Wildman–Crippen LogP) is 0.643. The van der Waals surface area contributed by atoms with E-state index in [0.29, 0.717) is 13.2 Å². The van der Waals surface area contributed by atoms with Gasteiger partial charge in [0, 0.05) is 38.6 Å². The number of rotatable bonds is 5. The third-order valence-electron chi connectivity index (χ3n) is 3.25. The number of carbonyl (C=O) groups is 3. The molecule has 6 heteroatoms. The van der Waals surface area contributed by atoms with Crippen molar-refractivity contribution < 1.29 is 23.9 Å². The SMILES string of the molecule is CC(=O)NC1C[C@H](COC(C)=O)[C@@H](COC(C)=O)C1. The monoisotopic (exact) mass is 271 g/mol. The van der Waals surface area contributed by atoms with E-state index in [1.807, 2.05) is 0 Å². The fourth-order valence-corrected chi connectivity index (χ4v) is 2.47. The third-order valence-corrected chi connectivity index (χ3v) is 3.25. The fourth-order valence-electron chi connectivity index (χ4n) is 2.47. The molecule has 108 valence electrons. The summed E-state index contributed by atoms with van der Waals surface area (Å²) in [5.41, 5.74) is 0. The van der Waals surface area contributed by atoms with Gasteiger partial charge in [-0.1, -0.05) is 0 Å². The summed E-state index contributed by atoms with van der Waals surface area (Å²) in [6.07, 6.45) is 1.47. The molecular weight excluding hydrogens is 250 g/mol. The van der Waals surface area contributed by atoms with Crippen molar-refractivity contribution in [3.63, 3.8) is 0 Å². The summed E-state index contributed by atoms with van der Waals surface area (Å²) < 4.78 is 10.0. The lowest BCUT2D eigenvalue weighted by Gasteiger charge is -2.18. The highest BCUT2D eigenvalue weighted by atomic mass is 16.5. The first-order chi connectivity index (χ1) is 8.88. The Kier molecular flexibility index (Phi) is 5.79. The van der Waals surface area contributed by atoms with Crippen LogP contribution in [0.3, 0.4) is 0 Å². The van der Waals surface area contributed by atoms with E-state index in [2.05, 4.69) is 5.32 Å². The van der Waals surface area contributed by atoms with Crippen molar-refractivity contribution >= 4 is 17.8 Å². The molecular formula is C13H21NO5. The molecule has 0 aliphatic heterocycles. The average molecular weight is 271 g/mol. The summed E-state index contributed by atoms with van der Waals surface area (Å²) in [4.78, 5) is 32.8. The molecule has 1 aliphatic rings. The maximum atomic E-state index is 11.1. The Balaban J connectivity index is 2.53. The molecule has 1 saturated carbocycles. The van der Waals surface area contributed by atoms with Crippen LogP contribution in [0.25, 0.3) is 0 Å². The predicted molar refractivity (Wildman–Crippen MR) is 67.1 cm³/mol. The van der Waals surface area contributed by atoms with Crippen molar-refractivity contribution in [3.05, 3.63) is 0 Å². The summed E-state index contributed by atoms with van der Waals surface area (Å²) in [6, 6.07) is 0.0543. The zero-order chi connectivity index (χ0) is 14.4. The van der Waals surface area contributed by atoms with Crippen molar-refractivity contribution in [1.82, 2.24) is 5.32 Å². The van der Waals surface area contributed by atoms with Gasteiger partial charge in [-0.3, -0.25) is 14.4 Å². The Hall–Kier alpha value is -1.59. The van der Waals surface area contributed by atoms with Crippen LogP contribution in [0.4, 0.5) is 0 Å². The van der Waals surface area contributed by atoms with E-state index in [9.17, 15) is 14.4 Å². The molecule has 0 spiro atoms. The topological polar surface area (TPSA) is 81.7 Å². The van der Waals surface area contributed by atoms with Crippen LogP contribution in [-0.2, 0) is 23.9 Å². The first-order valence-electron chi connectivity index (χ1n) is 6.42. The Labute approximate surface area is 112 Å². The second-order valence-electron chi connectivity index (χ2n) is 4.99. The minimum absolute atomic E-state index is 0.0543. The van der Waals surface area contributed by atoms with Crippen LogP contribution in [-0.4, -0.2) is 37.1 Å². The number of nitrogens with one attached hydrogen (secondary N) is 1. The number of hydrogen-bond acceptors (Lipinski definition) is 5. The molecule has 1 fully saturated rings. The lowest BCUT2D eigenvalue weighted by molar-refractivity contribution is -0.146. The highest BCUT2D eigenvalue weighted by Crippen LogP contribution is 2.32. The summed E-state index contributed by atoms with van der Waals surface area (Å²) in [7, 11) is 0. The zero-order valence-electron chi connectivity index (χ0n) is 11.6. The lowest BCUT2D eigenvalue weighted by Crippen LogP contribution is -2.31. The maximum absolute atomic E-state index is 11.1. The van der Waals surface area contributed by atoms with Crippen LogP contribution in [0, 0.1) is 11.8 Å². The van der Waals surface area contributed by atoms with Crippen LogP contribution >= 0.6 is 0 Å². The van der Waals surface area contributed by atoms with Crippen molar-refractivity contribution in [2.75, 3.05) is 13.2 Å². The lowest BCUT2D eigenvalue weighted by atomic mass is 9.98. The molecule has 1 rings (SSSR count). The maximum Gasteiger partial charge on any atom is 0.302 e. The van der Waals surface area contributed by atoms with Gasteiger partial charge in [0.1, 0.15) is 0 Å². The summed E-state index contributed by atoms with van der Waals surface area (Å²) in [6.45, 7) is 4.80. The summed E-state index contributed by atoms with van der Waals surface area (Å²) in [5, 5.41) is 2.86. The second-order valence-corrected chi connectivity index (χ2v) is 4.99. The molecule has 0 aromatic heterocycles. The van der Waals surface area contributed by atoms with Crippen molar-refractivity contribution in [2.45, 2.75) is 39.7 Å². The van der Waals surface area contributed by atoms with Gasteiger partial charge in [0.25, 0.3) is 0 Å². The highest BCUT2D eigenvalue weighted by Gasteiger charge is 2.35. The van der Waals surface area contributed by atoms with Gasteiger partial charge in [-0.15, -0.1) is 0 Å². The molecule has 0 aromatic carbocycles.